The van der Waals surface area contributed by atoms with Gasteiger partial charge in [-0.25, -0.2) is 0 Å². The molecule has 0 aliphatic heterocycles. The average Bonchev–Trinajstić information content (AvgIpc) is 2.54. The summed E-state index contributed by atoms with van der Waals surface area (Å²) in [6, 6.07) is 12.3. The quantitative estimate of drug-likeness (QED) is 0.480. The van der Waals surface area contributed by atoms with Crippen molar-refractivity contribution in [2.45, 2.75) is 13.3 Å². The fourth-order valence-electron chi connectivity index (χ4n) is 2.07. The highest BCUT2D eigenvalue weighted by Crippen LogP contribution is 2.26. The molecule has 24 heavy (non-hydrogen) atoms. The number of esters is 1. The smallest absolute Gasteiger partial charge is 0.314 e. The third-order valence-corrected chi connectivity index (χ3v) is 3.35. The van der Waals surface area contributed by atoms with E-state index >= 15 is 0 Å². The number of carboxylic acids is 1. The number of benzene rings is 2. The van der Waals surface area contributed by atoms with Crippen molar-refractivity contribution in [2.75, 3.05) is 0 Å². The standard InChI is InChI=1S/C18H16O6/c1-11(9-16(20)21)18(23)24-13-7-8-14(15(19)10-13)17(22)12-5-3-2-4-6-12/h2-8,10-11,19H,9H2,1H3,(H,20,21). The Morgan fingerprint density at radius 1 is 1.08 bits per heavy atom. The van der Waals surface area contributed by atoms with Crippen molar-refractivity contribution in [1.82, 2.24) is 0 Å². The van der Waals surface area contributed by atoms with E-state index in [1.807, 2.05) is 0 Å². The fraction of sp³-hybridized carbons (Fsp3) is 0.167. The van der Waals surface area contributed by atoms with Gasteiger partial charge in [0.1, 0.15) is 11.5 Å². The maximum absolute atomic E-state index is 12.3. The molecule has 0 fully saturated rings. The first-order valence-corrected chi connectivity index (χ1v) is 7.24. The van der Waals surface area contributed by atoms with Gasteiger partial charge in [0.05, 0.1) is 17.9 Å². The summed E-state index contributed by atoms with van der Waals surface area (Å²) in [5.74, 6) is -3.29. The highest BCUT2D eigenvalue weighted by Gasteiger charge is 2.20. The first kappa shape index (κ1) is 17.2. The summed E-state index contributed by atoms with van der Waals surface area (Å²) in [6.45, 7) is 1.43. The lowest BCUT2D eigenvalue weighted by atomic mass is 10.0. The van der Waals surface area contributed by atoms with E-state index in [4.69, 9.17) is 9.84 Å². The molecular formula is C18H16O6. The van der Waals surface area contributed by atoms with Gasteiger partial charge >= 0.3 is 11.9 Å². The second-order valence-corrected chi connectivity index (χ2v) is 5.29. The number of phenolic OH excluding ortho intramolecular Hbond substituents is 1. The number of carbonyl (C=O) groups excluding carboxylic acids is 2. The van der Waals surface area contributed by atoms with Crippen LogP contribution in [0.4, 0.5) is 0 Å². The maximum Gasteiger partial charge on any atom is 0.314 e. The van der Waals surface area contributed by atoms with E-state index < -0.39 is 17.9 Å². The van der Waals surface area contributed by atoms with Crippen molar-refractivity contribution in [3.8, 4) is 11.5 Å². The third-order valence-electron chi connectivity index (χ3n) is 3.35. The molecule has 1 atom stereocenters. The van der Waals surface area contributed by atoms with Gasteiger partial charge in [-0.05, 0) is 12.1 Å². The topological polar surface area (TPSA) is 101 Å². The first-order chi connectivity index (χ1) is 11.4. The third kappa shape index (κ3) is 4.19. The molecule has 1 unspecified atom stereocenters. The number of ketones is 1. The zero-order valence-corrected chi connectivity index (χ0v) is 12.9. The van der Waals surface area contributed by atoms with Crippen molar-refractivity contribution in [3.05, 3.63) is 59.7 Å². The van der Waals surface area contributed by atoms with Crippen LogP contribution in [0.1, 0.15) is 29.3 Å². The summed E-state index contributed by atoms with van der Waals surface area (Å²) >= 11 is 0. The molecule has 0 radical (unpaired) electrons. The molecule has 124 valence electrons. The maximum atomic E-state index is 12.3. The number of hydrogen-bond acceptors (Lipinski definition) is 5. The van der Waals surface area contributed by atoms with Gasteiger partial charge in [-0.1, -0.05) is 37.3 Å². The normalized spacial score (nSPS) is 11.5. The van der Waals surface area contributed by atoms with Crippen molar-refractivity contribution in [2.24, 2.45) is 5.92 Å². The van der Waals surface area contributed by atoms with Crippen LogP contribution in [-0.4, -0.2) is 27.9 Å². The second kappa shape index (κ2) is 7.41. The van der Waals surface area contributed by atoms with E-state index in [1.165, 1.54) is 19.1 Å². The Hall–Kier alpha value is -3.15. The molecule has 0 aromatic heterocycles. The van der Waals surface area contributed by atoms with Crippen LogP contribution < -0.4 is 4.74 Å². The summed E-state index contributed by atoms with van der Waals surface area (Å²) in [7, 11) is 0. The Labute approximate surface area is 138 Å². The number of carbonyl (C=O) groups is 3. The molecule has 2 aromatic carbocycles. The van der Waals surface area contributed by atoms with Crippen molar-refractivity contribution < 1.29 is 29.3 Å². The Kier molecular flexibility index (Phi) is 5.31. The van der Waals surface area contributed by atoms with Crippen molar-refractivity contribution in [3.63, 3.8) is 0 Å². The molecule has 0 saturated heterocycles. The van der Waals surface area contributed by atoms with Gasteiger partial charge in [-0.3, -0.25) is 14.4 Å². The van der Waals surface area contributed by atoms with E-state index in [0.29, 0.717) is 5.56 Å². The number of rotatable bonds is 6. The minimum absolute atomic E-state index is 0.0411. The zero-order chi connectivity index (χ0) is 17.7. The van der Waals surface area contributed by atoms with Crippen LogP contribution in [0, 0.1) is 5.92 Å². The molecule has 0 saturated carbocycles. The number of carboxylic acid groups (broad SMARTS) is 1. The predicted molar refractivity (Wildman–Crippen MR) is 85.0 cm³/mol. The zero-order valence-electron chi connectivity index (χ0n) is 12.9. The first-order valence-electron chi connectivity index (χ1n) is 7.24. The van der Waals surface area contributed by atoms with Crippen LogP contribution in [0.3, 0.4) is 0 Å². The minimum atomic E-state index is -1.11. The molecule has 2 rings (SSSR count). The van der Waals surface area contributed by atoms with Crippen molar-refractivity contribution >= 4 is 17.7 Å². The van der Waals surface area contributed by atoms with E-state index in [9.17, 15) is 19.5 Å². The van der Waals surface area contributed by atoms with Gasteiger partial charge in [0, 0.05) is 11.6 Å². The predicted octanol–water partition coefficient (Wildman–Crippen LogP) is 2.64. The van der Waals surface area contributed by atoms with Gasteiger partial charge < -0.3 is 14.9 Å². The second-order valence-electron chi connectivity index (χ2n) is 5.29. The number of phenols is 1. The van der Waals surface area contributed by atoms with E-state index in [1.54, 1.807) is 30.3 Å². The van der Waals surface area contributed by atoms with Gasteiger partial charge in [-0.15, -0.1) is 0 Å². The lowest BCUT2D eigenvalue weighted by molar-refractivity contribution is -0.145. The molecule has 0 heterocycles. The Bertz CT molecular complexity index is 766. The molecule has 6 nitrogen and oxygen atoms in total. The number of ether oxygens (including phenoxy) is 1. The molecule has 0 aliphatic rings. The monoisotopic (exact) mass is 328 g/mol. The van der Waals surface area contributed by atoms with E-state index in [-0.39, 0.29) is 29.3 Å². The average molecular weight is 328 g/mol. The highest BCUT2D eigenvalue weighted by atomic mass is 16.5. The SMILES string of the molecule is CC(CC(=O)O)C(=O)Oc1ccc(C(=O)c2ccccc2)c(O)c1. The largest absolute Gasteiger partial charge is 0.507 e. The van der Waals surface area contributed by atoms with Gasteiger partial charge in [0.15, 0.2) is 5.78 Å². The number of hydrogen-bond donors (Lipinski definition) is 2. The van der Waals surface area contributed by atoms with E-state index in [2.05, 4.69) is 0 Å². The summed E-state index contributed by atoms with van der Waals surface area (Å²) in [5.41, 5.74) is 0.507. The van der Waals surface area contributed by atoms with Crippen LogP contribution in [0.2, 0.25) is 0 Å². The van der Waals surface area contributed by atoms with Crippen LogP contribution in [0.5, 0.6) is 11.5 Å². The van der Waals surface area contributed by atoms with Crippen molar-refractivity contribution in [1.29, 1.82) is 0 Å². The summed E-state index contributed by atoms with van der Waals surface area (Å²) in [6.07, 6.45) is -0.352. The molecule has 2 aromatic rings. The molecule has 0 amide bonds. The summed E-state index contributed by atoms with van der Waals surface area (Å²) < 4.78 is 5.02. The molecule has 0 aliphatic carbocycles. The fourth-order valence-corrected chi connectivity index (χ4v) is 2.07. The van der Waals surface area contributed by atoms with Crippen LogP contribution >= 0.6 is 0 Å². The summed E-state index contributed by atoms with van der Waals surface area (Å²) in [4.78, 5) is 34.7. The number of aromatic hydroxyl groups is 1. The Morgan fingerprint density at radius 2 is 1.75 bits per heavy atom. The van der Waals surface area contributed by atoms with E-state index in [0.717, 1.165) is 6.07 Å². The van der Waals surface area contributed by atoms with Gasteiger partial charge in [-0.2, -0.15) is 0 Å². The molecule has 0 bridgehead atoms. The Balaban J connectivity index is 2.14. The lowest BCUT2D eigenvalue weighted by Crippen LogP contribution is -2.20. The Morgan fingerprint density at radius 3 is 2.33 bits per heavy atom. The highest BCUT2D eigenvalue weighted by molar-refractivity contribution is 6.10. The molecule has 6 heteroatoms. The lowest BCUT2D eigenvalue weighted by Gasteiger charge is -2.10. The molecular weight excluding hydrogens is 312 g/mol. The molecule has 2 N–H and O–H groups in total. The minimum Gasteiger partial charge on any atom is -0.507 e. The van der Waals surface area contributed by atoms with Crippen LogP contribution in [0.15, 0.2) is 48.5 Å². The number of aliphatic carboxylic acids is 1. The summed E-state index contributed by atoms with van der Waals surface area (Å²) in [5, 5.41) is 18.7. The van der Waals surface area contributed by atoms with Gasteiger partial charge in [0.25, 0.3) is 0 Å². The van der Waals surface area contributed by atoms with Crippen LogP contribution in [0.25, 0.3) is 0 Å². The van der Waals surface area contributed by atoms with Crippen LogP contribution in [-0.2, 0) is 9.59 Å². The molecule has 0 spiro atoms. The van der Waals surface area contributed by atoms with Gasteiger partial charge in [0.2, 0.25) is 0 Å².